The fourth-order valence-electron chi connectivity index (χ4n) is 2.38. The van der Waals surface area contributed by atoms with Crippen molar-refractivity contribution in [2.75, 3.05) is 19.0 Å². The second-order valence-corrected chi connectivity index (χ2v) is 6.26. The number of hydrogen-bond acceptors (Lipinski definition) is 6. The van der Waals surface area contributed by atoms with Crippen molar-refractivity contribution in [3.63, 3.8) is 0 Å². The van der Waals surface area contributed by atoms with Gasteiger partial charge in [0.1, 0.15) is 0 Å². The molecule has 0 fully saturated rings. The van der Waals surface area contributed by atoms with Crippen LogP contribution in [-0.2, 0) is 5.72 Å². The van der Waals surface area contributed by atoms with Crippen molar-refractivity contribution < 1.29 is 14.4 Å². The maximum atomic E-state index is 12.2. The van der Waals surface area contributed by atoms with Gasteiger partial charge in [-0.25, -0.2) is 0 Å². The van der Waals surface area contributed by atoms with Crippen molar-refractivity contribution >= 4 is 11.6 Å². The predicted octanol–water partition coefficient (Wildman–Crippen LogP) is 2.40. The van der Waals surface area contributed by atoms with Gasteiger partial charge >= 0.3 is 0 Å². The molecule has 7 nitrogen and oxygen atoms in total. The monoisotopic (exact) mass is 352 g/mol. The molecule has 3 rings (SSSR count). The van der Waals surface area contributed by atoms with E-state index < -0.39 is 11.6 Å². The molecule has 7 heteroatoms. The fourth-order valence-corrected chi connectivity index (χ4v) is 2.38. The second-order valence-electron chi connectivity index (χ2n) is 6.26. The number of rotatable bonds is 5. The summed E-state index contributed by atoms with van der Waals surface area (Å²) in [5, 5.41) is 16.9. The first-order chi connectivity index (χ1) is 12.4. The molecule has 0 saturated carbocycles. The topological polar surface area (TPSA) is 91.5 Å². The number of carbonyl (C=O) groups is 1. The van der Waals surface area contributed by atoms with Gasteiger partial charge in [0.05, 0.1) is 0 Å². The lowest BCUT2D eigenvalue weighted by molar-refractivity contribution is -0.00656. The number of carbonyl (C=O) groups excluding carboxylic acids is 1. The first-order valence-corrected chi connectivity index (χ1v) is 8.09. The lowest BCUT2D eigenvalue weighted by atomic mass is 10.1. The minimum Gasteiger partial charge on any atom is -0.378 e. The molecule has 1 heterocycles. The van der Waals surface area contributed by atoms with Crippen LogP contribution in [0.4, 0.5) is 5.69 Å². The Morgan fingerprint density at radius 3 is 2.38 bits per heavy atom. The van der Waals surface area contributed by atoms with E-state index in [1.165, 1.54) is 6.92 Å². The highest BCUT2D eigenvalue weighted by Gasteiger charge is 2.32. The number of anilines is 1. The number of nitrogens with one attached hydrogen (secondary N) is 1. The average molecular weight is 352 g/mol. The maximum Gasteiger partial charge on any atom is 0.279 e. The number of aromatic nitrogens is 2. The minimum absolute atomic E-state index is 0.0894. The normalized spacial score (nSPS) is 13.1. The molecular weight excluding hydrogens is 332 g/mol. The van der Waals surface area contributed by atoms with Gasteiger partial charge in [0.15, 0.2) is 0 Å². The van der Waals surface area contributed by atoms with E-state index in [0.717, 1.165) is 11.3 Å². The van der Waals surface area contributed by atoms with E-state index in [-0.39, 0.29) is 5.89 Å². The van der Waals surface area contributed by atoms with Crippen LogP contribution in [0.3, 0.4) is 0 Å². The summed E-state index contributed by atoms with van der Waals surface area (Å²) in [5.74, 6) is -0.196. The third-order valence-electron chi connectivity index (χ3n) is 3.88. The van der Waals surface area contributed by atoms with Gasteiger partial charge < -0.3 is 19.8 Å². The fraction of sp³-hybridized carbons (Fsp3) is 0.211. The van der Waals surface area contributed by atoms with Crippen molar-refractivity contribution in [1.82, 2.24) is 15.5 Å². The number of aliphatic hydroxyl groups is 1. The van der Waals surface area contributed by atoms with Crippen LogP contribution in [-0.4, -0.2) is 35.2 Å². The number of amides is 1. The maximum absolute atomic E-state index is 12.2. The Morgan fingerprint density at radius 1 is 1.12 bits per heavy atom. The van der Waals surface area contributed by atoms with Crippen molar-refractivity contribution in [2.45, 2.75) is 12.6 Å². The van der Waals surface area contributed by atoms with Crippen LogP contribution in [0, 0.1) is 0 Å². The largest absolute Gasteiger partial charge is 0.378 e. The first-order valence-electron chi connectivity index (χ1n) is 8.09. The Balaban J connectivity index is 1.78. The molecule has 26 heavy (non-hydrogen) atoms. The highest BCUT2D eigenvalue weighted by molar-refractivity contribution is 5.94. The summed E-state index contributed by atoms with van der Waals surface area (Å²) in [6.45, 7) is 1.39. The van der Waals surface area contributed by atoms with Crippen molar-refractivity contribution in [3.8, 4) is 11.4 Å². The molecule has 0 aliphatic rings. The summed E-state index contributed by atoms with van der Waals surface area (Å²) in [6, 6.07) is 16.2. The SMILES string of the molecule is CN(C)c1ccc(-c2noc(C(C)(O)NC(=O)c3ccccc3)n2)cc1. The molecule has 1 unspecified atom stereocenters. The Morgan fingerprint density at radius 2 is 1.77 bits per heavy atom. The van der Waals surface area contributed by atoms with E-state index in [1.807, 2.05) is 43.3 Å². The van der Waals surface area contributed by atoms with Crippen LogP contribution in [0.15, 0.2) is 59.1 Å². The van der Waals surface area contributed by atoms with E-state index in [9.17, 15) is 9.90 Å². The van der Waals surface area contributed by atoms with Crippen LogP contribution < -0.4 is 10.2 Å². The van der Waals surface area contributed by atoms with Crippen molar-refractivity contribution in [1.29, 1.82) is 0 Å². The van der Waals surface area contributed by atoms with Crippen molar-refractivity contribution in [3.05, 3.63) is 66.1 Å². The summed E-state index contributed by atoms with van der Waals surface area (Å²) in [7, 11) is 3.90. The van der Waals surface area contributed by atoms with Gasteiger partial charge in [-0.15, -0.1) is 0 Å². The van der Waals surface area contributed by atoms with Crippen LogP contribution >= 0.6 is 0 Å². The molecule has 134 valence electrons. The van der Waals surface area contributed by atoms with Crippen LogP contribution in [0.25, 0.3) is 11.4 Å². The zero-order valence-corrected chi connectivity index (χ0v) is 14.8. The third kappa shape index (κ3) is 3.73. The minimum atomic E-state index is -1.79. The van der Waals surface area contributed by atoms with Gasteiger partial charge in [-0.1, -0.05) is 23.4 Å². The van der Waals surface area contributed by atoms with Gasteiger partial charge in [0, 0.05) is 30.9 Å². The zero-order valence-electron chi connectivity index (χ0n) is 14.8. The van der Waals surface area contributed by atoms with Gasteiger partial charge in [-0.2, -0.15) is 4.98 Å². The first kappa shape index (κ1) is 17.6. The second kappa shape index (κ2) is 6.97. The van der Waals surface area contributed by atoms with E-state index in [2.05, 4.69) is 15.5 Å². The standard InChI is InChI=1S/C19H20N4O3/c1-19(25,21-17(24)14-7-5-4-6-8-14)18-20-16(22-26-18)13-9-11-15(12-10-13)23(2)3/h4-12,25H,1-3H3,(H,21,24). The molecule has 2 N–H and O–H groups in total. The molecule has 2 aromatic carbocycles. The Bertz CT molecular complexity index is 887. The van der Waals surface area contributed by atoms with Crippen LogP contribution in [0.1, 0.15) is 23.2 Å². The van der Waals surface area contributed by atoms with E-state index in [4.69, 9.17) is 4.52 Å². The van der Waals surface area contributed by atoms with E-state index in [1.54, 1.807) is 30.3 Å². The lowest BCUT2D eigenvalue weighted by Crippen LogP contribution is -2.43. The van der Waals surface area contributed by atoms with Gasteiger partial charge in [0.2, 0.25) is 11.5 Å². The summed E-state index contributed by atoms with van der Waals surface area (Å²) in [5.41, 5.74) is 0.420. The summed E-state index contributed by atoms with van der Waals surface area (Å²) < 4.78 is 5.16. The molecule has 3 aromatic rings. The van der Waals surface area contributed by atoms with Crippen LogP contribution in [0.5, 0.6) is 0 Å². The molecule has 0 radical (unpaired) electrons. The molecule has 0 aliphatic carbocycles. The summed E-state index contributed by atoms with van der Waals surface area (Å²) >= 11 is 0. The van der Waals surface area contributed by atoms with E-state index in [0.29, 0.717) is 11.4 Å². The smallest absolute Gasteiger partial charge is 0.279 e. The molecule has 0 saturated heterocycles. The lowest BCUT2D eigenvalue weighted by Gasteiger charge is -2.20. The van der Waals surface area contributed by atoms with Crippen molar-refractivity contribution in [2.24, 2.45) is 0 Å². The molecule has 0 bridgehead atoms. The van der Waals surface area contributed by atoms with Gasteiger partial charge in [-0.3, -0.25) is 4.79 Å². The molecule has 1 amide bonds. The molecule has 0 aliphatic heterocycles. The highest BCUT2D eigenvalue weighted by atomic mass is 16.5. The zero-order chi connectivity index (χ0) is 18.7. The highest BCUT2D eigenvalue weighted by Crippen LogP contribution is 2.23. The molecule has 0 spiro atoms. The number of nitrogens with zero attached hydrogens (tertiary/aromatic N) is 3. The Hall–Kier alpha value is -3.19. The van der Waals surface area contributed by atoms with Crippen LogP contribution in [0.2, 0.25) is 0 Å². The molecule has 1 aromatic heterocycles. The number of hydrogen-bond donors (Lipinski definition) is 2. The Labute approximate surface area is 151 Å². The Kier molecular flexibility index (Phi) is 4.73. The third-order valence-corrected chi connectivity index (χ3v) is 3.88. The van der Waals surface area contributed by atoms with E-state index >= 15 is 0 Å². The molecule has 1 atom stereocenters. The predicted molar refractivity (Wildman–Crippen MR) is 97.5 cm³/mol. The molecular formula is C19H20N4O3. The number of benzene rings is 2. The van der Waals surface area contributed by atoms with Gasteiger partial charge in [-0.05, 0) is 43.3 Å². The quantitative estimate of drug-likeness (QED) is 0.685. The summed E-state index contributed by atoms with van der Waals surface area (Å²) in [6.07, 6.45) is 0. The van der Waals surface area contributed by atoms with Gasteiger partial charge in [0.25, 0.3) is 11.8 Å². The average Bonchev–Trinajstić information content (AvgIpc) is 3.13. The summed E-state index contributed by atoms with van der Waals surface area (Å²) in [4.78, 5) is 18.4.